The molecule has 2 N–H and O–H groups in total. The van der Waals surface area contributed by atoms with Crippen LogP contribution in [0, 0.1) is 0 Å². The van der Waals surface area contributed by atoms with Crippen LogP contribution in [-0.2, 0) is 9.53 Å². The number of aliphatic carboxylic acids is 1. The summed E-state index contributed by atoms with van der Waals surface area (Å²) in [4.78, 5) is 22.8. The van der Waals surface area contributed by atoms with Crippen molar-refractivity contribution in [1.29, 1.82) is 0 Å². The summed E-state index contributed by atoms with van der Waals surface area (Å²) in [5, 5.41) is 11.6. The van der Waals surface area contributed by atoms with Gasteiger partial charge in [0, 0.05) is 0 Å². The van der Waals surface area contributed by atoms with Crippen LogP contribution < -0.4 is 10.1 Å². The number of nitrogens with one attached hydrogen (secondary N) is 1. The summed E-state index contributed by atoms with van der Waals surface area (Å²) in [7, 11) is 1.52. The van der Waals surface area contributed by atoms with Crippen LogP contribution in [0.1, 0.15) is 38.8 Å². The molecule has 0 heterocycles. The molecule has 6 nitrogen and oxygen atoms in total. The van der Waals surface area contributed by atoms with Crippen molar-refractivity contribution in [3.63, 3.8) is 0 Å². The Balaban J connectivity index is 2.89. The number of carbonyl (C=O) groups excluding carboxylic acids is 1. The number of alkyl carbamates (subject to hydrolysis) is 1. The maximum Gasteiger partial charge on any atom is 0.408 e. The van der Waals surface area contributed by atoms with Crippen LogP contribution in [0.3, 0.4) is 0 Å². The van der Waals surface area contributed by atoms with Crippen molar-refractivity contribution >= 4 is 12.1 Å². The van der Waals surface area contributed by atoms with E-state index in [-0.39, 0.29) is 6.42 Å². The van der Waals surface area contributed by atoms with Gasteiger partial charge < -0.3 is 19.9 Å². The maximum absolute atomic E-state index is 11.8. The quantitative estimate of drug-likeness (QED) is 0.872. The Labute approximate surface area is 124 Å². The van der Waals surface area contributed by atoms with Gasteiger partial charge in [0.25, 0.3) is 0 Å². The highest BCUT2D eigenvalue weighted by Crippen LogP contribution is 2.22. The standard InChI is InChI=1S/C15H21NO5/c1-15(2,3)21-14(19)16-12(9-13(17)18)10-6-5-7-11(8-10)20-4/h5-8,12H,9H2,1-4H3,(H,16,19)(H,17,18)/t12-/m0/s1. The average Bonchev–Trinajstić information content (AvgIpc) is 2.35. The van der Waals surface area contributed by atoms with E-state index in [2.05, 4.69) is 5.32 Å². The van der Waals surface area contributed by atoms with Gasteiger partial charge in [-0.3, -0.25) is 4.79 Å². The Kier molecular flexibility index (Phi) is 5.58. The van der Waals surface area contributed by atoms with Crippen LogP contribution in [0.5, 0.6) is 5.75 Å². The van der Waals surface area contributed by atoms with E-state index in [4.69, 9.17) is 14.6 Å². The van der Waals surface area contributed by atoms with Gasteiger partial charge in [0.15, 0.2) is 0 Å². The Bertz CT molecular complexity index is 507. The predicted octanol–water partition coefficient (Wildman–Crippen LogP) is 2.74. The van der Waals surface area contributed by atoms with Crippen molar-refractivity contribution in [1.82, 2.24) is 5.32 Å². The van der Waals surface area contributed by atoms with Gasteiger partial charge in [-0.1, -0.05) is 12.1 Å². The van der Waals surface area contributed by atoms with Crippen LogP contribution in [0.15, 0.2) is 24.3 Å². The zero-order valence-corrected chi connectivity index (χ0v) is 12.7. The molecule has 0 saturated heterocycles. The lowest BCUT2D eigenvalue weighted by atomic mass is 10.0. The second-order valence-corrected chi connectivity index (χ2v) is 5.57. The van der Waals surface area contributed by atoms with Gasteiger partial charge in [0.05, 0.1) is 19.6 Å². The zero-order valence-electron chi connectivity index (χ0n) is 12.7. The minimum absolute atomic E-state index is 0.244. The van der Waals surface area contributed by atoms with Crippen molar-refractivity contribution in [2.75, 3.05) is 7.11 Å². The summed E-state index contributed by atoms with van der Waals surface area (Å²) in [6.45, 7) is 5.22. The average molecular weight is 295 g/mol. The smallest absolute Gasteiger partial charge is 0.408 e. The molecule has 21 heavy (non-hydrogen) atoms. The number of carbonyl (C=O) groups is 2. The molecule has 6 heteroatoms. The maximum atomic E-state index is 11.8. The first-order chi connectivity index (χ1) is 9.71. The van der Waals surface area contributed by atoms with E-state index in [0.717, 1.165) is 0 Å². The molecule has 1 atom stereocenters. The molecule has 0 aliphatic rings. The topological polar surface area (TPSA) is 84.9 Å². The predicted molar refractivity (Wildman–Crippen MR) is 77.4 cm³/mol. The summed E-state index contributed by atoms with van der Waals surface area (Å²) < 4.78 is 10.3. The molecule has 0 spiro atoms. The molecule has 0 unspecified atom stereocenters. The van der Waals surface area contributed by atoms with Crippen molar-refractivity contribution < 1.29 is 24.2 Å². The van der Waals surface area contributed by atoms with Crippen LogP contribution in [0.4, 0.5) is 4.79 Å². The number of benzene rings is 1. The summed E-state index contributed by atoms with van der Waals surface area (Å²) in [6.07, 6.45) is -0.900. The third kappa shape index (κ3) is 6.16. The van der Waals surface area contributed by atoms with Gasteiger partial charge in [0.2, 0.25) is 0 Å². The third-order valence-electron chi connectivity index (χ3n) is 2.57. The summed E-state index contributed by atoms with van der Waals surface area (Å²) in [5.41, 5.74) is -0.00529. The molecule has 0 saturated carbocycles. The number of hydrogen-bond donors (Lipinski definition) is 2. The van der Waals surface area contributed by atoms with Crippen LogP contribution in [0.25, 0.3) is 0 Å². The van der Waals surface area contributed by atoms with Gasteiger partial charge in [-0.25, -0.2) is 4.79 Å². The van der Waals surface area contributed by atoms with Crippen LogP contribution in [-0.4, -0.2) is 29.9 Å². The first-order valence-corrected chi connectivity index (χ1v) is 6.56. The Morgan fingerprint density at radius 1 is 1.33 bits per heavy atom. The lowest BCUT2D eigenvalue weighted by Crippen LogP contribution is -2.35. The van der Waals surface area contributed by atoms with E-state index in [0.29, 0.717) is 11.3 Å². The molecule has 0 aliphatic heterocycles. The largest absolute Gasteiger partial charge is 0.497 e. The second-order valence-electron chi connectivity index (χ2n) is 5.57. The number of carboxylic acids is 1. The summed E-state index contributed by atoms with van der Waals surface area (Å²) in [5.74, 6) is -0.423. The fourth-order valence-electron chi connectivity index (χ4n) is 1.73. The highest BCUT2D eigenvalue weighted by molar-refractivity contribution is 5.72. The van der Waals surface area contributed by atoms with Gasteiger partial charge in [0.1, 0.15) is 11.4 Å². The highest BCUT2D eigenvalue weighted by atomic mass is 16.6. The molecule has 116 valence electrons. The van der Waals surface area contributed by atoms with Crippen molar-refractivity contribution in [3.05, 3.63) is 29.8 Å². The van der Waals surface area contributed by atoms with E-state index in [1.54, 1.807) is 45.0 Å². The number of carboxylic acid groups (broad SMARTS) is 1. The Morgan fingerprint density at radius 3 is 2.52 bits per heavy atom. The molecule has 1 amide bonds. The van der Waals surface area contributed by atoms with Gasteiger partial charge in [-0.05, 0) is 38.5 Å². The molecule has 0 aliphatic carbocycles. The monoisotopic (exact) mass is 295 g/mol. The Hall–Kier alpha value is -2.24. The fourth-order valence-corrected chi connectivity index (χ4v) is 1.73. The molecule has 0 aromatic heterocycles. The van der Waals surface area contributed by atoms with Crippen LogP contribution in [0.2, 0.25) is 0 Å². The number of ether oxygens (including phenoxy) is 2. The fraction of sp³-hybridized carbons (Fsp3) is 0.467. The van der Waals surface area contributed by atoms with Gasteiger partial charge >= 0.3 is 12.1 Å². The summed E-state index contributed by atoms with van der Waals surface area (Å²) >= 11 is 0. The molecular formula is C15H21NO5. The molecule has 0 bridgehead atoms. The number of hydrogen-bond acceptors (Lipinski definition) is 4. The third-order valence-corrected chi connectivity index (χ3v) is 2.57. The van der Waals surface area contributed by atoms with Crippen LogP contribution >= 0.6 is 0 Å². The molecule has 1 rings (SSSR count). The van der Waals surface area contributed by atoms with Crippen molar-refractivity contribution in [2.45, 2.75) is 38.8 Å². The van der Waals surface area contributed by atoms with E-state index >= 15 is 0 Å². The van der Waals surface area contributed by atoms with E-state index < -0.39 is 23.7 Å². The molecule has 0 fully saturated rings. The summed E-state index contributed by atoms with van der Waals surface area (Å²) in [6, 6.07) is 6.21. The van der Waals surface area contributed by atoms with E-state index in [9.17, 15) is 9.59 Å². The number of amides is 1. The molecule has 1 aromatic rings. The first-order valence-electron chi connectivity index (χ1n) is 6.56. The SMILES string of the molecule is COc1cccc([C@H](CC(=O)O)NC(=O)OC(C)(C)C)c1. The van der Waals surface area contributed by atoms with Gasteiger partial charge in [-0.2, -0.15) is 0 Å². The van der Waals surface area contributed by atoms with E-state index in [1.165, 1.54) is 7.11 Å². The minimum atomic E-state index is -1.01. The van der Waals surface area contributed by atoms with E-state index in [1.807, 2.05) is 0 Å². The Morgan fingerprint density at radius 2 is 2.00 bits per heavy atom. The second kappa shape index (κ2) is 6.97. The number of rotatable bonds is 5. The molecular weight excluding hydrogens is 274 g/mol. The zero-order chi connectivity index (χ0) is 16.0. The number of methoxy groups -OCH3 is 1. The highest BCUT2D eigenvalue weighted by Gasteiger charge is 2.22. The minimum Gasteiger partial charge on any atom is -0.497 e. The lowest BCUT2D eigenvalue weighted by Gasteiger charge is -2.23. The lowest BCUT2D eigenvalue weighted by molar-refractivity contribution is -0.137. The van der Waals surface area contributed by atoms with Crippen molar-refractivity contribution in [3.8, 4) is 5.75 Å². The van der Waals surface area contributed by atoms with Gasteiger partial charge in [-0.15, -0.1) is 0 Å². The molecule has 0 radical (unpaired) electrons. The normalized spacial score (nSPS) is 12.4. The first kappa shape index (κ1) is 16.8. The molecule has 1 aromatic carbocycles. The van der Waals surface area contributed by atoms with Crippen molar-refractivity contribution in [2.24, 2.45) is 0 Å².